The van der Waals surface area contributed by atoms with Gasteiger partial charge in [0.2, 0.25) is 0 Å². The summed E-state index contributed by atoms with van der Waals surface area (Å²) in [6.45, 7) is 6.91. The van der Waals surface area contributed by atoms with Crippen molar-refractivity contribution in [2.24, 2.45) is 0 Å². The van der Waals surface area contributed by atoms with Gasteiger partial charge in [-0.2, -0.15) is 0 Å². The normalized spacial score (nSPS) is 11.1. The van der Waals surface area contributed by atoms with Crippen LogP contribution in [0, 0.1) is 13.8 Å². The molecule has 0 saturated heterocycles. The van der Waals surface area contributed by atoms with Gasteiger partial charge >= 0.3 is 0 Å². The van der Waals surface area contributed by atoms with Crippen LogP contribution in [-0.2, 0) is 13.1 Å². The zero-order valence-corrected chi connectivity index (χ0v) is 19.6. The Morgan fingerprint density at radius 3 is 2.65 bits per heavy atom. The van der Waals surface area contributed by atoms with Gasteiger partial charge < -0.3 is 20.1 Å². The summed E-state index contributed by atoms with van der Waals surface area (Å²) in [5.41, 5.74) is 4.89. The first-order valence-electron chi connectivity index (χ1n) is 10.5. The Bertz CT molecular complexity index is 1090. The van der Waals surface area contributed by atoms with Gasteiger partial charge in [-0.15, -0.1) is 0 Å². The van der Waals surface area contributed by atoms with E-state index >= 15 is 0 Å². The van der Waals surface area contributed by atoms with Crippen molar-refractivity contribution in [2.45, 2.75) is 33.4 Å². The highest BCUT2D eigenvalue weighted by Crippen LogP contribution is 2.18. The van der Waals surface area contributed by atoms with Crippen LogP contribution in [0.4, 0.5) is 0 Å². The molecule has 0 aliphatic heterocycles. The summed E-state index contributed by atoms with van der Waals surface area (Å²) in [5.74, 6) is 0. The van der Waals surface area contributed by atoms with E-state index in [1.807, 2.05) is 35.4 Å². The number of H-pyrrole nitrogens is 1. The lowest BCUT2D eigenvalue weighted by atomic mass is 10.0. The summed E-state index contributed by atoms with van der Waals surface area (Å²) in [7, 11) is 4.12. The topological polar surface area (TPSA) is 64.3 Å². The Morgan fingerprint density at radius 1 is 1.16 bits per heavy atom. The average molecular weight is 438 g/mol. The molecule has 0 aliphatic rings. The molecule has 0 radical (unpaired) electrons. The van der Waals surface area contributed by atoms with Gasteiger partial charge in [-0.1, -0.05) is 6.07 Å². The maximum absolute atomic E-state index is 12.8. The Balaban J connectivity index is 1.83. The van der Waals surface area contributed by atoms with Gasteiger partial charge in [0.15, 0.2) is 5.11 Å². The van der Waals surface area contributed by atoms with Gasteiger partial charge in [0.05, 0.1) is 6.54 Å². The number of aryl methyl sites for hydroxylation is 2. The minimum atomic E-state index is -0.0812. The van der Waals surface area contributed by atoms with Crippen molar-refractivity contribution in [1.82, 2.24) is 25.1 Å². The number of hydrogen-bond donors (Lipinski definition) is 2. The Hall–Kier alpha value is -2.77. The average Bonchev–Trinajstić information content (AvgIpc) is 2.73. The minimum absolute atomic E-state index is 0.0812. The molecular weight excluding hydrogens is 406 g/mol. The zero-order valence-electron chi connectivity index (χ0n) is 18.7. The van der Waals surface area contributed by atoms with Crippen LogP contribution in [0.3, 0.4) is 0 Å². The van der Waals surface area contributed by atoms with Crippen LogP contribution in [0.25, 0.3) is 10.9 Å². The van der Waals surface area contributed by atoms with Crippen LogP contribution in [0.15, 0.2) is 47.5 Å². The third kappa shape index (κ3) is 6.35. The summed E-state index contributed by atoms with van der Waals surface area (Å²) < 4.78 is 0. The van der Waals surface area contributed by atoms with E-state index in [0.29, 0.717) is 23.8 Å². The van der Waals surface area contributed by atoms with Gasteiger partial charge in [0.25, 0.3) is 5.56 Å². The third-order valence-corrected chi connectivity index (χ3v) is 5.74. The second-order valence-corrected chi connectivity index (χ2v) is 8.64. The molecule has 0 atom stereocenters. The van der Waals surface area contributed by atoms with Crippen LogP contribution in [0.1, 0.15) is 28.7 Å². The zero-order chi connectivity index (χ0) is 22.4. The first-order valence-corrected chi connectivity index (χ1v) is 10.9. The summed E-state index contributed by atoms with van der Waals surface area (Å²) >= 11 is 5.70. The molecular formula is C24H31N5OS. The molecule has 0 bridgehead atoms. The highest BCUT2D eigenvalue weighted by Gasteiger charge is 2.14. The fourth-order valence-electron chi connectivity index (χ4n) is 3.46. The van der Waals surface area contributed by atoms with E-state index in [0.717, 1.165) is 41.5 Å². The lowest BCUT2D eigenvalue weighted by Crippen LogP contribution is -2.40. The van der Waals surface area contributed by atoms with Crippen LogP contribution in [0.5, 0.6) is 0 Å². The largest absolute Gasteiger partial charge is 0.363 e. The van der Waals surface area contributed by atoms with Gasteiger partial charge in [0.1, 0.15) is 0 Å². The molecule has 164 valence electrons. The summed E-state index contributed by atoms with van der Waals surface area (Å²) in [5, 5.41) is 5.02. The molecule has 0 unspecified atom stereocenters. The Morgan fingerprint density at radius 2 is 1.94 bits per heavy atom. The number of pyridine rings is 2. The van der Waals surface area contributed by atoms with E-state index < -0.39 is 0 Å². The standard InChI is InChI=1S/C24H31N5OS/c1-17-11-20-13-21(23(30)27-22(20)12-18(17)2)16-29(15-19-7-5-8-25-14-19)24(31)26-9-6-10-28(3)4/h5,7-8,11-14H,6,9-10,15-16H2,1-4H3,(H,26,31)(H,27,30). The number of aromatic nitrogens is 2. The molecule has 6 nitrogen and oxygen atoms in total. The molecule has 0 amide bonds. The van der Waals surface area contributed by atoms with Crippen molar-refractivity contribution in [3.63, 3.8) is 0 Å². The fraction of sp³-hybridized carbons (Fsp3) is 0.375. The third-order valence-electron chi connectivity index (χ3n) is 5.34. The molecule has 0 aliphatic carbocycles. The molecule has 3 rings (SSSR count). The van der Waals surface area contributed by atoms with Crippen molar-refractivity contribution in [2.75, 3.05) is 27.2 Å². The molecule has 0 saturated carbocycles. The molecule has 0 fully saturated rings. The Labute approximate surface area is 189 Å². The summed E-state index contributed by atoms with van der Waals surface area (Å²) in [6.07, 6.45) is 4.57. The molecule has 2 aromatic heterocycles. The van der Waals surface area contributed by atoms with Crippen molar-refractivity contribution >= 4 is 28.2 Å². The van der Waals surface area contributed by atoms with Gasteiger partial charge in [-0.3, -0.25) is 9.78 Å². The van der Waals surface area contributed by atoms with Gasteiger partial charge in [-0.25, -0.2) is 0 Å². The number of nitrogens with one attached hydrogen (secondary N) is 2. The summed E-state index contributed by atoms with van der Waals surface area (Å²) in [6, 6.07) is 10.1. The minimum Gasteiger partial charge on any atom is -0.363 e. The fourth-order valence-corrected chi connectivity index (χ4v) is 3.69. The molecule has 2 heterocycles. The van der Waals surface area contributed by atoms with Crippen molar-refractivity contribution in [1.29, 1.82) is 0 Å². The first kappa shape index (κ1) is 22.9. The lowest BCUT2D eigenvalue weighted by Gasteiger charge is -2.26. The highest BCUT2D eigenvalue weighted by atomic mass is 32.1. The van der Waals surface area contributed by atoms with Gasteiger partial charge in [0, 0.05) is 36.6 Å². The monoisotopic (exact) mass is 437 g/mol. The highest BCUT2D eigenvalue weighted by molar-refractivity contribution is 7.80. The van der Waals surface area contributed by atoms with Crippen LogP contribution in [0.2, 0.25) is 0 Å². The van der Waals surface area contributed by atoms with Crippen LogP contribution < -0.4 is 10.9 Å². The molecule has 2 N–H and O–H groups in total. The molecule has 7 heteroatoms. The molecule has 0 spiro atoms. The number of thiocarbonyl (C=S) groups is 1. The molecule has 31 heavy (non-hydrogen) atoms. The predicted octanol–water partition coefficient (Wildman–Crippen LogP) is 3.37. The number of rotatable bonds is 8. The van der Waals surface area contributed by atoms with E-state index in [1.165, 1.54) is 5.56 Å². The SMILES string of the molecule is Cc1cc2cc(CN(Cc3cccnc3)C(=S)NCCCN(C)C)c(=O)[nH]c2cc1C. The van der Waals surface area contributed by atoms with Crippen LogP contribution >= 0.6 is 12.2 Å². The number of hydrogen-bond acceptors (Lipinski definition) is 4. The number of aromatic amines is 1. The Kier molecular flexibility index (Phi) is 7.76. The second-order valence-electron chi connectivity index (χ2n) is 8.25. The molecule has 3 aromatic rings. The molecule has 1 aromatic carbocycles. The maximum atomic E-state index is 12.8. The van der Waals surface area contributed by atoms with Gasteiger partial charge in [-0.05, 0) is 99.5 Å². The second kappa shape index (κ2) is 10.5. The smallest absolute Gasteiger partial charge is 0.253 e. The van der Waals surface area contributed by atoms with Crippen molar-refractivity contribution in [3.05, 3.63) is 75.3 Å². The predicted molar refractivity (Wildman–Crippen MR) is 131 cm³/mol. The summed E-state index contributed by atoms with van der Waals surface area (Å²) in [4.78, 5) is 24.2. The van der Waals surface area contributed by atoms with Crippen molar-refractivity contribution in [3.8, 4) is 0 Å². The van der Waals surface area contributed by atoms with Crippen LogP contribution in [-0.4, -0.2) is 52.1 Å². The van der Waals surface area contributed by atoms with E-state index in [1.54, 1.807) is 6.20 Å². The quantitative estimate of drug-likeness (QED) is 0.416. The lowest BCUT2D eigenvalue weighted by molar-refractivity contribution is 0.383. The van der Waals surface area contributed by atoms with E-state index in [2.05, 4.69) is 54.2 Å². The van der Waals surface area contributed by atoms with E-state index in [4.69, 9.17) is 12.2 Å². The number of fused-ring (bicyclic) bond motifs is 1. The van der Waals surface area contributed by atoms with E-state index in [-0.39, 0.29) is 5.56 Å². The first-order chi connectivity index (χ1) is 14.8. The van der Waals surface area contributed by atoms with E-state index in [9.17, 15) is 4.79 Å². The van der Waals surface area contributed by atoms with Crippen molar-refractivity contribution < 1.29 is 0 Å². The number of benzene rings is 1. The maximum Gasteiger partial charge on any atom is 0.253 e. The number of nitrogens with zero attached hydrogens (tertiary/aromatic N) is 3.